The van der Waals surface area contributed by atoms with Crippen LogP contribution in [0.2, 0.25) is 0 Å². The number of aromatic nitrogens is 1. The molecule has 2 aliphatic carbocycles. The Balaban J connectivity index is 0.00000259. The predicted octanol–water partition coefficient (Wildman–Crippen LogP) is 4.22. The van der Waals surface area contributed by atoms with Gasteiger partial charge in [0.1, 0.15) is 5.56 Å². The van der Waals surface area contributed by atoms with Crippen LogP contribution in [0.3, 0.4) is 0 Å². The summed E-state index contributed by atoms with van der Waals surface area (Å²) in [6.07, 6.45) is 6.52. The third kappa shape index (κ3) is 4.17. The second kappa shape index (κ2) is 9.46. The number of fused-ring (bicyclic) bond motifs is 2. The largest absolute Gasteiger partial charge is 0.494 e. The normalized spacial score (nSPS) is 17.5. The van der Waals surface area contributed by atoms with Crippen LogP contribution >= 0.6 is 23.7 Å². The van der Waals surface area contributed by atoms with E-state index in [0.717, 1.165) is 48.1 Å². The van der Waals surface area contributed by atoms with Gasteiger partial charge in [0, 0.05) is 34.1 Å². The van der Waals surface area contributed by atoms with E-state index < -0.39 is 11.4 Å². The van der Waals surface area contributed by atoms with E-state index in [1.54, 1.807) is 18.4 Å². The van der Waals surface area contributed by atoms with E-state index in [-0.39, 0.29) is 30.6 Å². The number of ether oxygens (including phenoxy) is 1. The van der Waals surface area contributed by atoms with Gasteiger partial charge in [0.05, 0.1) is 24.6 Å². The number of hydrogen-bond donors (Lipinski definition) is 4. The Bertz CT molecular complexity index is 1260. The summed E-state index contributed by atoms with van der Waals surface area (Å²) < 4.78 is 5.85. The second-order valence-electron chi connectivity index (χ2n) is 8.52. The number of aliphatic hydroxyl groups is 1. The number of carbonyl (C=O) groups is 1. The highest BCUT2D eigenvalue weighted by Crippen LogP contribution is 2.52. The molecule has 0 saturated heterocycles. The van der Waals surface area contributed by atoms with Gasteiger partial charge in [-0.2, -0.15) is 0 Å². The first-order valence-corrected chi connectivity index (χ1v) is 11.8. The Labute approximate surface area is 201 Å². The quantitative estimate of drug-likeness (QED) is 0.394. The van der Waals surface area contributed by atoms with Crippen molar-refractivity contribution in [2.24, 2.45) is 0 Å². The molecule has 1 fully saturated rings. The minimum Gasteiger partial charge on any atom is -0.494 e. The average Bonchev–Trinajstić information content (AvgIpc) is 3.54. The number of aryl methyl sites for hydroxylation is 1. The Kier molecular flexibility index (Phi) is 6.81. The van der Waals surface area contributed by atoms with E-state index in [4.69, 9.17) is 4.74 Å². The maximum absolute atomic E-state index is 12.9. The molecule has 2 aromatic heterocycles. The van der Waals surface area contributed by atoms with Gasteiger partial charge in [0.2, 0.25) is 5.43 Å². The number of aliphatic hydroxyl groups excluding tert-OH is 1. The fraction of sp³-hybridized carbons (Fsp3) is 0.417. The average molecular weight is 491 g/mol. The Morgan fingerprint density at radius 3 is 2.73 bits per heavy atom. The van der Waals surface area contributed by atoms with Crippen molar-refractivity contribution in [1.29, 1.82) is 0 Å². The van der Waals surface area contributed by atoms with Crippen LogP contribution in [0.15, 0.2) is 23.1 Å². The van der Waals surface area contributed by atoms with E-state index in [0.29, 0.717) is 29.1 Å². The molecule has 0 radical (unpaired) electrons. The molecule has 1 aromatic carbocycles. The molecule has 33 heavy (non-hydrogen) atoms. The number of aromatic amines is 1. The minimum absolute atomic E-state index is 0. The zero-order chi connectivity index (χ0) is 22.4. The topological polar surface area (TPSA) is 112 Å². The molecular formula is C24H27ClN2O5S. The Morgan fingerprint density at radius 2 is 2.06 bits per heavy atom. The summed E-state index contributed by atoms with van der Waals surface area (Å²) >= 11 is 1.77. The number of benzene rings is 1. The summed E-state index contributed by atoms with van der Waals surface area (Å²) in [4.78, 5) is 29.9. The van der Waals surface area contributed by atoms with Crippen LogP contribution in [0.4, 0.5) is 0 Å². The number of thiophene rings is 1. The van der Waals surface area contributed by atoms with Crippen molar-refractivity contribution in [2.45, 2.75) is 44.1 Å². The fourth-order valence-electron chi connectivity index (χ4n) is 4.82. The molecule has 0 bridgehead atoms. The molecule has 7 nitrogen and oxygen atoms in total. The smallest absolute Gasteiger partial charge is 0.341 e. The standard InChI is InChI=1S/C24H26N2O5S.ClH/c1-31-23-20(19-10-14-17(25-7-8-27)3-2-4-18(14)32-19)13(12-5-6-12)9-15-21(23)26-11-16(22(15)28)24(29)30;/h9-12,17,25,27H,2-8H2,1H3,(H,26,28)(H,29,30);1H. The van der Waals surface area contributed by atoms with Gasteiger partial charge >= 0.3 is 5.97 Å². The Hall–Kier alpha value is -2.39. The summed E-state index contributed by atoms with van der Waals surface area (Å²) in [7, 11) is 1.59. The molecule has 176 valence electrons. The number of aromatic carboxylic acids is 1. The van der Waals surface area contributed by atoms with Gasteiger partial charge < -0.3 is 25.3 Å². The van der Waals surface area contributed by atoms with Crippen LogP contribution in [0, 0.1) is 0 Å². The van der Waals surface area contributed by atoms with Gasteiger partial charge in [-0.05, 0) is 61.3 Å². The number of carboxylic acid groups (broad SMARTS) is 1. The van der Waals surface area contributed by atoms with Crippen LogP contribution in [0.25, 0.3) is 21.3 Å². The first-order chi connectivity index (χ1) is 15.5. The first kappa shape index (κ1) is 23.8. The molecule has 9 heteroatoms. The molecular weight excluding hydrogens is 464 g/mol. The summed E-state index contributed by atoms with van der Waals surface area (Å²) in [6, 6.07) is 4.33. The van der Waals surface area contributed by atoms with Crippen LogP contribution in [-0.4, -0.2) is 41.4 Å². The van der Waals surface area contributed by atoms with E-state index >= 15 is 0 Å². The lowest BCUT2D eigenvalue weighted by atomic mass is 9.92. The van der Waals surface area contributed by atoms with Gasteiger partial charge in [-0.25, -0.2) is 4.79 Å². The molecule has 1 saturated carbocycles. The maximum atomic E-state index is 12.9. The van der Waals surface area contributed by atoms with Crippen LogP contribution in [-0.2, 0) is 6.42 Å². The van der Waals surface area contributed by atoms with Gasteiger partial charge in [-0.1, -0.05) is 0 Å². The third-order valence-corrected chi connectivity index (χ3v) is 7.70. The highest BCUT2D eigenvalue weighted by atomic mass is 35.5. The van der Waals surface area contributed by atoms with Crippen molar-refractivity contribution in [1.82, 2.24) is 10.3 Å². The van der Waals surface area contributed by atoms with Gasteiger partial charge in [-0.3, -0.25) is 4.79 Å². The fourth-order valence-corrected chi connectivity index (χ4v) is 6.15. The molecule has 1 atom stereocenters. The minimum atomic E-state index is -1.24. The van der Waals surface area contributed by atoms with Crippen molar-refractivity contribution in [2.75, 3.05) is 20.3 Å². The van der Waals surface area contributed by atoms with Crippen molar-refractivity contribution in [3.05, 3.63) is 50.1 Å². The van der Waals surface area contributed by atoms with Crippen molar-refractivity contribution in [3.8, 4) is 16.2 Å². The summed E-state index contributed by atoms with van der Waals surface area (Å²) in [5.41, 5.74) is 3.11. The van der Waals surface area contributed by atoms with Gasteiger partial charge in [0.25, 0.3) is 0 Å². The third-order valence-electron chi connectivity index (χ3n) is 6.48. The zero-order valence-corrected chi connectivity index (χ0v) is 19.9. The van der Waals surface area contributed by atoms with Crippen molar-refractivity contribution in [3.63, 3.8) is 0 Å². The molecule has 5 rings (SSSR count). The first-order valence-electron chi connectivity index (χ1n) is 11.0. The molecule has 0 spiro atoms. The molecule has 0 aliphatic heterocycles. The lowest BCUT2D eigenvalue weighted by molar-refractivity contribution is 0.0695. The second-order valence-corrected chi connectivity index (χ2v) is 9.66. The van der Waals surface area contributed by atoms with Gasteiger partial charge in [0.15, 0.2) is 5.75 Å². The number of carboxylic acids is 1. The lowest BCUT2D eigenvalue weighted by Gasteiger charge is -2.23. The van der Waals surface area contributed by atoms with Crippen molar-refractivity contribution >= 4 is 40.6 Å². The molecule has 1 unspecified atom stereocenters. The summed E-state index contributed by atoms with van der Waals surface area (Å²) in [6.45, 7) is 0.675. The highest BCUT2D eigenvalue weighted by molar-refractivity contribution is 7.15. The van der Waals surface area contributed by atoms with Crippen molar-refractivity contribution < 1.29 is 19.7 Å². The van der Waals surface area contributed by atoms with E-state index in [1.165, 1.54) is 16.6 Å². The number of rotatable bonds is 7. The predicted molar refractivity (Wildman–Crippen MR) is 131 cm³/mol. The monoisotopic (exact) mass is 490 g/mol. The van der Waals surface area contributed by atoms with Gasteiger partial charge in [-0.15, -0.1) is 23.7 Å². The molecule has 4 N–H and O–H groups in total. The summed E-state index contributed by atoms with van der Waals surface area (Å²) in [5.74, 6) is -0.299. The van der Waals surface area contributed by atoms with Crippen LogP contribution in [0.1, 0.15) is 64.0 Å². The number of hydrogen-bond acceptors (Lipinski definition) is 6. The number of methoxy groups -OCH3 is 1. The molecule has 2 aliphatic rings. The zero-order valence-electron chi connectivity index (χ0n) is 18.3. The number of pyridine rings is 1. The van der Waals surface area contributed by atoms with E-state index in [9.17, 15) is 19.8 Å². The summed E-state index contributed by atoms with van der Waals surface area (Å²) in [5, 5.41) is 22.4. The number of nitrogens with one attached hydrogen (secondary N) is 2. The molecule has 2 heterocycles. The lowest BCUT2D eigenvalue weighted by Crippen LogP contribution is -2.26. The SMILES string of the molecule is COc1c(-c2cc3c(s2)CCCC3NCCO)c(C2CC2)cc2c(=O)c(C(=O)O)c[nH]c12.Cl. The molecule has 0 amide bonds. The number of H-pyrrole nitrogens is 1. The van der Waals surface area contributed by atoms with E-state index in [2.05, 4.69) is 16.4 Å². The molecule has 3 aromatic rings. The highest BCUT2D eigenvalue weighted by Gasteiger charge is 2.32. The Morgan fingerprint density at radius 1 is 1.27 bits per heavy atom. The van der Waals surface area contributed by atoms with Crippen LogP contribution in [0.5, 0.6) is 5.75 Å². The maximum Gasteiger partial charge on any atom is 0.341 e. The number of halogens is 1. The van der Waals surface area contributed by atoms with E-state index in [1.807, 2.05) is 6.07 Å². The van der Waals surface area contributed by atoms with Crippen LogP contribution < -0.4 is 15.5 Å².